The molecule has 2 rings (SSSR count). The van der Waals surface area contributed by atoms with Crippen molar-refractivity contribution < 1.29 is 13.2 Å². The first-order valence-corrected chi connectivity index (χ1v) is 11.3. The molecule has 0 aromatic heterocycles. The number of nitrogens with zero attached hydrogens (tertiary/aromatic N) is 1. The van der Waals surface area contributed by atoms with Crippen LogP contribution in [0.3, 0.4) is 0 Å². The van der Waals surface area contributed by atoms with Crippen LogP contribution in [0.15, 0.2) is 41.3 Å². The number of sulfonamides is 1. The molecular weight excluding hydrogens is 443 g/mol. The molecule has 1 amide bonds. The van der Waals surface area contributed by atoms with E-state index in [9.17, 15) is 13.2 Å². The number of nitrogens with one attached hydrogen (secondary N) is 1. The Balaban J connectivity index is 2.17. The average Bonchev–Trinajstić information content (AvgIpc) is 2.65. The third-order valence-corrected chi connectivity index (χ3v) is 7.33. The van der Waals surface area contributed by atoms with Crippen LogP contribution in [-0.2, 0) is 16.4 Å². The number of amides is 1. The SMILES string of the molecule is CCN(CC)S(=O)(=O)c1ccc(Cl)c(C(=O)NCCc2c(Cl)cccc2Cl)c1. The van der Waals surface area contributed by atoms with Crippen LogP contribution in [0.25, 0.3) is 0 Å². The first-order chi connectivity index (χ1) is 13.2. The lowest BCUT2D eigenvalue weighted by atomic mass is 10.1. The fourth-order valence-corrected chi connectivity index (χ4v) is 4.99. The summed E-state index contributed by atoms with van der Waals surface area (Å²) >= 11 is 18.4. The Kier molecular flexibility index (Phi) is 8.16. The summed E-state index contributed by atoms with van der Waals surface area (Å²) < 4.78 is 26.7. The highest BCUT2D eigenvalue weighted by Gasteiger charge is 2.23. The third-order valence-electron chi connectivity index (χ3n) is 4.25. The lowest BCUT2D eigenvalue weighted by Gasteiger charge is -2.19. The number of carbonyl (C=O) groups is 1. The maximum atomic E-state index is 12.7. The van der Waals surface area contributed by atoms with Gasteiger partial charge in [0.05, 0.1) is 15.5 Å². The minimum atomic E-state index is -3.69. The molecule has 0 radical (unpaired) electrons. The van der Waals surface area contributed by atoms with E-state index in [1.807, 2.05) is 0 Å². The Morgan fingerprint density at radius 2 is 1.61 bits per heavy atom. The highest BCUT2D eigenvalue weighted by atomic mass is 35.5. The van der Waals surface area contributed by atoms with E-state index < -0.39 is 15.9 Å². The molecule has 5 nitrogen and oxygen atoms in total. The fourth-order valence-electron chi connectivity index (χ4n) is 2.72. The maximum Gasteiger partial charge on any atom is 0.252 e. The first kappa shape index (κ1) is 23.0. The van der Waals surface area contributed by atoms with Gasteiger partial charge in [-0.15, -0.1) is 0 Å². The Morgan fingerprint density at radius 1 is 1.00 bits per heavy atom. The second kappa shape index (κ2) is 9.94. The Morgan fingerprint density at radius 3 is 2.18 bits per heavy atom. The quantitative estimate of drug-likeness (QED) is 0.619. The highest BCUT2D eigenvalue weighted by molar-refractivity contribution is 7.89. The molecule has 0 heterocycles. The molecule has 0 bridgehead atoms. The summed E-state index contributed by atoms with van der Waals surface area (Å²) in [6, 6.07) is 9.31. The summed E-state index contributed by atoms with van der Waals surface area (Å²) in [5.41, 5.74) is 0.829. The second-order valence-electron chi connectivity index (χ2n) is 5.94. The molecule has 0 saturated heterocycles. The van der Waals surface area contributed by atoms with E-state index in [2.05, 4.69) is 5.32 Å². The van der Waals surface area contributed by atoms with Gasteiger partial charge in [0, 0.05) is 29.7 Å². The Labute approximate surface area is 180 Å². The molecule has 0 spiro atoms. The van der Waals surface area contributed by atoms with E-state index in [1.54, 1.807) is 32.0 Å². The molecule has 0 aliphatic rings. The van der Waals surface area contributed by atoms with Gasteiger partial charge in [-0.1, -0.05) is 54.7 Å². The summed E-state index contributed by atoms with van der Waals surface area (Å²) in [4.78, 5) is 12.6. The number of rotatable bonds is 8. The number of hydrogen-bond donors (Lipinski definition) is 1. The van der Waals surface area contributed by atoms with Crippen molar-refractivity contribution in [2.45, 2.75) is 25.2 Å². The lowest BCUT2D eigenvalue weighted by Crippen LogP contribution is -2.31. The van der Waals surface area contributed by atoms with Gasteiger partial charge < -0.3 is 5.32 Å². The average molecular weight is 464 g/mol. The zero-order valence-corrected chi connectivity index (χ0v) is 18.6. The molecule has 0 aliphatic heterocycles. The van der Waals surface area contributed by atoms with Gasteiger partial charge >= 0.3 is 0 Å². The largest absolute Gasteiger partial charge is 0.352 e. The van der Waals surface area contributed by atoms with Crippen molar-refractivity contribution in [1.29, 1.82) is 0 Å². The zero-order valence-electron chi connectivity index (χ0n) is 15.5. The van der Waals surface area contributed by atoms with E-state index in [-0.39, 0.29) is 22.0 Å². The molecule has 152 valence electrons. The van der Waals surface area contributed by atoms with Crippen LogP contribution in [0, 0.1) is 0 Å². The molecular formula is C19H21Cl3N2O3S. The molecule has 0 saturated carbocycles. The van der Waals surface area contributed by atoms with Gasteiger partial charge in [-0.3, -0.25) is 4.79 Å². The van der Waals surface area contributed by atoms with Gasteiger partial charge in [0.1, 0.15) is 0 Å². The number of carbonyl (C=O) groups excluding carboxylic acids is 1. The summed E-state index contributed by atoms with van der Waals surface area (Å²) in [7, 11) is -3.69. The van der Waals surface area contributed by atoms with Crippen LogP contribution in [0.1, 0.15) is 29.8 Å². The summed E-state index contributed by atoms with van der Waals surface area (Å²) in [6.07, 6.45) is 0.430. The van der Waals surface area contributed by atoms with Gasteiger partial charge in [-0.2, -0.15) is 4.31 Å². The van der Waals surface area contributed by atoms with Crippen molar-refractivity contribution in [3.05, 3.63) is 62.6 Å². The Hall–Kier alpha value is -1.31. The number of hydrogen-bond acceptors (Lipinski definition) is 3. The predicted octanol–water partition coefficient (Wildman–Crippen LogP) is 4.65. The fraction of sp³-hybridized carbons (Fsp3) is 0.316. The lowest BCUT2D eigenvalue weighted by molar-refractivity contribution is 0.0954. The molecule has 0 atom stereocenters. The number of halogens is 3. The van der Waals surface area contributed by atoms with Gasteiger partial charge in [-0.25, -0.2) is 8.42 Å². The van der Waals surface area contributed by atoms with Crippen molar-refractivity contribution in [1.82, 2.24) is 9.62 Å². The molecule has 9 heteroatoms. The van der Waals surface area contributed by atoms with E-state index in [0.717, 1.165) is 5.56 Å². The van der Waals surface area contributed by atoms with Gasteiger partial charge in [-0.05, 0) is 42.3 Å². The minimum absolute atomic E-state index is 0.0277. The maximum absolute atomic E-state index is 12.7. The first-order valence-electron chi connectivity index (χ1n) is 8.73. The van der Waals surface area contributed by atoms with Crippen LogP contribution in [-0.4, -0.2) is 38.3 Å². The molecule has 0 fully saturated rings. The van der Waals surface area contributed by atoms with Crippen LogP contribution in [0.2, 0.25) is 15.1 Å². The molecule has 28 heavy (non-hydrogen) atoms. The van der Waals surface area contributed by atoms with Crippen LogP contribution >= 0.6 is 34.8 Å². The van der Waals surface area contributed by atoms with Gasteiger partial charge in [0.15, 0.2) is 0 Å². The van der Waals surface area contributed by atoms with Crippen molar-refractivity contribution in [3.8, 4) is 0 Å². The minimum Gasteiger partial charge on any atom is -0.352 e. The molecule has 0 unspecified atom stereocenters. The van der Waals surface area contributed by atoms with E-state index in [1.165, 1.54) is 22.5 Å². The molecule has 1 N–H and O–H groups in total. The van der Waals surface area contributed by atoms with E-state index >= 15 is 0 Å². The predicted molar refractivity (Wildman–Crippen MR) is 114 cm³/mol. The van der Waals surface area contributed by atoms with E-state index in [4.69, 9.17) is 34.8 Å². The molecule has 2 aromatic carbocycles. The molecule has 2 aromatic rings. The van der Waals surface area contributed by atoms with Crippen molar-refractivity contribution in [2.24, 2.45) is 0 Å². The standard InChI is InChI=1S/C19H21Cl3N2O3S/c1-3-24(4-2)28(26,27)13-8-9-18(22)15(12-13)19(25)23-11-10-14-16(20)6-5-7-17(14)21/h5-9,12H,3-4,10-11H2,1-2H3,(H,23,25). The zero-order chi connectivity index (χ0) is 20.9. The van der Waals surface area contributed by atoms with Crippen molar-refractivity contribution >= 4 is 50.7 Å². The highest BCUT2D eigenvalue weighted by Crippen LogP contribution is 2.25. The Bertz CT molecular complexity index is 941. The van der Waals surface area contributed by atoms with Crippen molar-refractivity contribution in [3.63, 3.8) is 0 Å². The summed E-state index contributed by atoms with van der Waals surface area (Å²) in [5, 5.41) is 3.94. The van der Waals surface area contributed by atoms with Crippen LogP contribution in [0.5, 0.6) is 0 Å². The van der Waals surface area contributed by atoms with Gasteiger partial charge in [0.25, 0.3) is 5.91 Å². The second-order valence-corrected chi connectivity index (χ2v) is 9.10. The monoisotopic (exact) mass is 462 g/mol. The van der Waals surface area contributed by atoms with Crippen molar-refractivity contribution in [2.75, 3.05) is 19.6 Å². The van der Waals surface area contributed by atoms with E-state index in [0.29, 0.717) is 29.6 Å². The summed E-state index contributed by atoms with van der Waals surface area (Å²) in [6.45, 7) is 4.45. The normalized spacial score (nSPS) is 11.6. The third kappa shape index (κ3) is 5.19. The molecule has 0 aliphatic carbocycles. The number of benzene rings is 2. The topological polar surface area (TPSA) is 66.5 Å². The smallest absolute Gasteiger partial charge is 0.252 e. The summed E-state index contributed by atoms with van der Waals surface area (Å²) in [5.74, 6) is -0.468. The van der Waals surface area contributed by atoms with Crippen LogP contribution in [0.4, 0.5) is 0 Å². The van der Waals surface area contributed by atoms with Gasteiger partial charge in [0.2, 0.25) is 10.0 Å². The van der Waals surface area contributed by atoms with Crippen LogP contribution < -0.4 is 5.32 Å².